The summed E-state index contributed by atoms with van der Waals surface area (Å²) in [5.74, 6) is 1.11. The Bertz CT molecular complexity index is 423. The van der Waals surface area contributed by atoms with Gasteiger partial charge in [-0.3, -0.25) is 0 Å². The van der Waals surface area contributed by atoms with Gasteiger partial charge in [0.2, 0.25) is 0 Å². The first-order chi connectivity index (χ1) is 8.74. The van der Waals surface area contributed by atoms with E-state index in [2.05, 4.69) is 34.3 Å². The molecule has 2 aliphatic heterocycles. The Balaban J connectivity index is 1.82. The van der Waals surface area contributed by atoms with Crippen LogP contribution in [0.15, 0.2) is 12.1 Å². The van der Waals surface area contributed by atoms with Crippen molar-refractivity contribution in [3.63, 3.8) is 0 Å². The number of hydrogen-bond acceptors (Lipinski definition) is 4. The van der Waals surface area contributed by atoms with Crippen LogP contribution in [0.4, 0.5) is 5.82 Å². The zero-order valence-corrected chi connectivity index (χ0v) is 11.1. The molecule has 1 N–H and O–H groups in total. The molecular formula is C14H21N3O. The molecule has 2 fully saturated rings. The molecule has 98 valence electrons. The van der Waals surface area contributed by atoms with Crippen LogP contribution < -0.4 is 10.2 Å². The number of aromatic nitrogens is 1. The summed E-state index contributed by atoms with van der Waals surface area (Å²) < 4.78 is 5.88. The molecule has 0 spiro atoms. The number of rotatable bonds is 3. The van der Waals surface area contributed by atoms with E-state index in [-0.39, 0.29) is 0 Å². The molecule has 4 nitrogen and oxygen atoms in total. The topological polar surface area (TPSA) is 37.4 Å². The average molecular weight is 247 g/mol. The number of morpholine rings is 1. The van der Waals surface area contributed by atoms with Crippen LogP contribution >= 0.6 is 0 Å². The summed E-state index contributed by atoms with van der Waals surface area (Å²) in [4.78, 5) is 7.07. The highest BCUT2D eigenvalue weighted by atomic mass is 16.5. The lowest BCUT2D eigenvalue weighted by molar-refractivity contribution is 0.0302. The first-order valence-corrected chi connectivity index (χ1v) is 6.77. The summed E-state index contributed by atoms with van der Waals surface area (Å²) in [5, 5.41) is 3.20. The molecule has 0 aromatic carbocycles. The van der Waals surface area contributed by atoms with Crippen LogP contribution in [0, 0.1) is 6.92 Å². The lowest BCUT2D eigenvalue weighted by Crippen LogP contribution is -2.43. The molecule has 2 atom stereocenters. The first-order valence-electron chi connectivity index (χ1n) is 6.77. The summed E-state index contributed by atoms with van der Waals surface area (Å²) in [5.41, 5.74) is 2.40. The summed E-state index contributed by atoms with van der Waals surface area (Å²) in [7, 11) is 1.98. The minimum atomic E-state index is 0.416. The second-order valence-corrected chi connectivity index (χ2v) is 5.37. The number of aryl methyl sites for hydroxylation is 1. The Morgan fingerprint density at radius 1 is 1.33 bits per heavy atom. The lowest BCUT2D eigenvalue weighted by atomic mass is 10.2. The van der Waals surface area contributed by atoms with Crippen LogP contribution in [0.25, 0.3) is 0 Å². The number of anilines is 1. The van der Waals surface area contributed by atoms with Crippen molar-refractivity contribution >= 4 is 5.82 Å². The van der Waals surface area contributed by atoms with Crippen molar-refractivity contribution in [3.8, 4) is 0 Å². The van der Waals surface area contributed by atoms with Crippen LogP contribution in [0.2, 0.25) is 0 Å². The van der Waals surface area contributed by atoms with Crippen molar-refractivity contribution in [2.75, 3.05) is 25.0 Å². The molecule has 2 bridgehead atoms. The van der Waals surface area contributed by atoms with Gasteiger partial charge in [0, 0.05) is 25.3 Å². The quantitative estimate of drug-likeness (QED) is 0.878. The summed E-state index contributed by atoms with van der Waals surface area (Å²) in [6.07, 6.45) is 3.24. The van der Waals surface area contributed by atoms with Crippen LogP contribution in [0.1, 0.15) is 24.1 Å². The fourth-order valence-electron chi connectivity index (χ4n) is 2.99. The largest absolute Gasteiger partial charge is 0.371 e. The lowest BCUT2D eigenvalue weighted by Gasteiger charge is -2.33. The SMILES string of the molecule is CNCc1cc(C)nc(N2CC3CCC(C2)O3)c1. The molecule has 0 aliphatic carbocycles. The molecule has 3 heterocycles. The number of fused-ring (bicyclic) bond motifs is 2. The van der Waals surface area contributed by atoms with Crippen LogP contribution in [-0.4, -0.2) is 37.3 Å². The van der Waals surface area contributed by atoms with E-state index in [9.17, 15) is 0 Å². The van der Waals surface area contributed by atoms with E-state index in [4.69, 9.17) is 4.74 Å². The van der Waals surface area contributed by atoms with Gasteiger partial charge in [0.05, 0.1) is 12.2 Å². The van der Waals surface area contributed by atoms with Crippen molar-refractivity contribution in [3.05, 3.63) is 23.4 Å². The Morgan fingerprint density at radius 3 is 2.72 bits per heavy atom. The van der Waals surface area contributed by atoms with Crippen LogP contribution in [0.5, 0.6) is 0 Å². The molecule has 1 aromatic heterocycles. The van der Waals surface area contributed by atoms with E-state index >= 15 is 0 Å². The zero-order chi connectivity index (χ0) is 12.5. The van der Waals surface area contributed by atoms with Gasteiger partial charge in [-0.15, -0.1) is 0 Å². The number of nitrogens with one attached hydrogen (secondary N) is 1. The Kier molecular flexibility index (Phi) is 3.22. The molecule has 0 amide bonds. The van der Waals surface area contributed by atoms with Crippen molar-refractivity contribution in [1.82, 2.24) is 10.3 Å². The minimum absolute atomic E-state index is 0.416. The molecule has 0 saturated carbocycles. The normalized spacial score (nSPS) is 26.7. The van der Waals surface area contributed by atoms with E-state index in [1.54, 1.807) is 0 Å². The second kappa shape index (κ2) is 4.86. The Labute approximate surface area is 108 Å². The third-order valence-corrected chi connectivity index (χ3v) is 3.75. The smallest absolute Gasteiger partial charge is 0.129 e. The van der Waals surface area contributed by atoms with Crippen LogP contribution in [-0.2, 0) is 11.3 Å². The van der Waals surface area contributed by atoms with Crippen molar-refractivity contribution < 1.29 is 4.74 Å². The van der Waals surface area contributed by atoms with Gasteiger partial charge < -0.3 is 15.0 Å². The molecular weight excluding hydrogens is 226 g/mol. The third kappa shape index (κ3) is 2.35. The monoisotopic (exact) mass is 247 g/mol. The highest BCUT2D eigenvalue weighted by Crippen LogP contribution is 2.29. The van der Waals surface area contributed by atoms with Gasteiger partial charge in [-0.05, 0) is 44.5 Å². The number of ether oxygens (including phenoxy) is 1. The fraction of sp³-hybridized carbons (Fsp3) is 0.643. The standard InChI is InChI=1S/C14H21N3O/c1-10-5-11(7-15-2)6-14(16-10)17-8-12-3-4-13(9-17)18-12/h5-6,12-13,15H,3-4,7-9H2,1-2H3. The number of hydrogen-bond donors (Lipinski definition) is 1. The predicted octanol–water partition coefficient (Wildman–Crippen LogP) is 1.48. The number of nitrogens with zero attached hydrogens (tertiary/aromatic N) is 2. The van der Waals surface area contributed by atoms with Crippen molar-refractivity contribution in [2.24, 2.45) is 0 Å². The molecule has 1 aromatic rings. The van der Waals surface area contributed by atoms with E-state index in [0.29, 0.717) is 12.2 Å². The van der Waals surface area contributed by atoms with E-state index in [1.165, 1.54) is 18.4 Å². The zero-order valence-electron chi connectivity index (χ0n) is 11.1. The molecule has 0 radical (unpaired) electrons. The predicted molar refractivity (Wildman–Crippen MR) is 71.8 cm³/mol. The fourth-order valence-corrected chi connectivity index (χ4v) is 2.99. The second-order valence-electron chi connectivity index (χ2n) is 5.37. The first kappa shape index (κ1) is 11.9. The molecule has 2 aliphatic rings. The van der Waals surface area contributed by atoms with E-state index in [1.807, 2.05) is 7.05 Å². The van der Waals surface area contributed by atoms with Crippen molar-refractivity contribution in [1.29, 1.82) is 0 Å². The molecule has 18 heavy (non-hydrogen) atoms. The average Bonchev–Trinajstić information content (AvgIpc) is 2.68. The van der Waals surface area contributed by atoms with E-state index < -0.39 is 0 Å². The van der Waals surface area contributed by atoms with Crippen LogP contribution in [0.3, 0.4) is 0 Å². The highest BCUT2D eigenvalue weighted by Gasteiger charge is 2.34. The maximum Gasteiger partial charge on any atom is 0.129 e. The maximum absolute atomic E-state index is 5.88. The Morgan fingerprint density at radius 2 is 2.06 bits per heavy atom. The summed E-state index contributed by atoms with van der Waals surface area (Å²) in [6, 6.07) is 4.35. The summed E-state index contributed by atoms with van der Waals surface area (Å²) >= 11 is 0. The molecule has 3 rings (SSSR count). The van der Waals surface area contributed by atoms with Gasteiger partial charge in [-0.25, -0.2) is 4.98 Å². The van der Waals surface area contributed by atoms with Gasteiger partial charge >= 0.3 is 0 Å². The minimum Gasteiger partial charge on any atom is -0.371 e. The maximum atomic E-state index is 5.88. The summed E-state index contributed by atoms with van der Waals surface area (Å²) in [6.45, 7) is 4.95. The van der Waals surface area contributed by atoms with Gasteiger partial charge in [-0.1, -0.05) is 0 Å². The van der Waals surface area contributed by atoms with Gasteiger partial charge in [0.1, 0.15) is 5.82 Å². The van der Waals surface area contributed by atoms with Gasteiger partial charge in [0.15, 0.2) is 0 Å². The highest BCUT2D eigenvalue weighted by molar-refractivity contribution is 5.43. The molecule has 2 unspecified atom stereocenters. The van der Waals surface area contributed by atoms with Crippen molar-refractivity contribution in [2.45, 2.75) is 38.5 Å². The Hall–Kier alpha value is -1.13. The van der Waals surface area contributed by atoms with Gasteiger partial charge in [-0.2, -0.15) is 0 Å². The molecule has 2 saturated heterocycles. The number of pyridine rings is 1. The van der Waals surface area contributed by atoms with Gasteiger partial charge in [0.25, 0.3) is 0 Å². The third-order valence-electron chi connectivity index (χ3n) is 3.75. The van der Waals surface area contributed by atoms with E-state index in [0.717, 1.165) is 31.1 Å². The molecule has 4 heteroatoms.